The summed E-state index contributed by atoms with van der Waals surface area (Å²) in [5.41, 5.74) is 0.928. The predicted molar refractivity (Wildman–Crippen MR) is 73.4 cm³/mol. The molecule has 0 aliphatic heterocycles. The van der Waals surface area contributed by atoms with E-state index in [-0.39, 0.29) is 17.0 Å². The zero-order valence-electron chi connectivity index (χ0n) is 10.4. The van der Waals surface area contributed by atoms with Gasteiger partial charge in [-0.2, -0.15) is 0 Å². The van der Waals surface area contributed by atoms with E-state index >= 15 is 0 Å². The number of allylic oxidation sites excluding steroid dienone is 1. The number of carbonyl (C=O) groups excluding carboxylic acids is 1. The molecule has 0 fully saturated rings. The molecule has 1 aromatic heterocycles. The molecule has 0 spiro atoms. The Labute approximate surface area is 110 Å². The number of methoxy groups -OCH3 is 1. The molecule has 0 saturated carbocycles. The van der Waals surface area contributed by atoms with E-state index in [2.05, 4.69) is 4.98 Å². The summed E-state index contributed by atoms with van der Waals surface area (Å²) >= 11 is 0. The van der Waals surface area contributed by atoms with Crippen LogP contribution in [-0.2, 0) is 0 Å². The van der Waals surface area contributed by atoms with Gasteiger partial charge < -0.3 is 9.72 Å². The van der Waals surface area contributed by atoms with Gasteiger partial charge in [-0.3, -0.25) is 9.59 Å². The van der Waals surface area contributed by atoms with E-state index in [9.17, 15) is 9.59 Å². The normalized spacial score (nSPS) is 10.6. The van der Waals surface area contributed by atoms with Crippen LogP contribution in [0.2, 0.25) is 0 Å². The molecule has 0 aliphatic rings. The fourth-order valence-electron chi connectivity index (χ4n) is 1.59. The third-order valence-corrected chi connectivity index (χ3v) is 2.59. The van der Waals surface area contributed by atoms with Crippen LogP contribution >= 0.6 is 0 Å². The van der Waals surface area contributed by atoms with Crippen LogP contribution in [0, 0.1) is 0 Å². The Morgan fingerprint density at radius 3 is 2.63 bits per heavy atom. The molecule has 1 heterocycles. The first kappa shape index (κ1) is 12.8. The number of ketones is 1. The summed E-state index contributed by atoms with van der Waals surface area (Å²) in [7, 11) is 1.43. The zero-order valence-corrected chi connectivity index (χ0v) is 10.4. The molecular formula is C15H13NO3. The Hall–Kier alpha value is -2.62. The van der Waals surface area contributed by atoms with Gasteiger partial charge in [-0.15, -0.1) is 0 Å². The average Bonchev–Trinajstić information content (AvgIpc) is 2.46. The van der Waals surface area contributed by atoms with Crippen molar-refractivity contribution in [2.24, 2.45) is 0 Å². The van der Waals surface area contributed by atoms with Gasteiger partial charge in [-0.1, -0.05) is 30.3 Å². The van der Waals surface area contributed by atoms with Crippen molar-refractivity contribution in [1.29, 1.82) is 0 Å². The van der Waals surface area contributed by atoms with Crippen LogP contribution in [0.5, 0.6) is 5.75 Å². The fourth-order valence-corrected chi connectivity index (χ4v) is 1.59. The highest BCUT2D eigenvalue weighted by Gasteiger charge is 2.01. The van der Waals surface area contributed by atoms with Gasteiger partial charge in [0.2, 0.25) is 5.43 Å². The number of pyridine rings is 1. The fraction of sp³-hybridized carbons (Fsp3) is 0.0667. The molecule has 96 valence electrons. The number of H-pyrrole nitrogens is 1. The smallest absolute Gasteiger partial charge is 0.223 e. The Bertz CT molecular complexity index is 657. The summed E-state index contributed by atoms with van der Waals surface area (Å²) < 4.78 is 4.86. The van der Waals surface area contributed by atoms with Crippen LogP contribution in [0.4, 0.5) is 0 Å². The summed E-state index contributed by atoms with van der Waals surface area (Å²) in [5, 5.41) is 0. The lowest BCUT2D eigenvalue weighted by Crippen LogP contribution is -2.05. The number of benzene rings is 1. The van der Waals surface area contributed by atoms with Crippen molar-refractivity contribution < 1.29 is 9.53 Å². The van der Waals surface area contributed by atoms with Crippen LogP contribution in [-0.4, -0.2) is 17.9 Å². The first-order valence-electron chi connectivity index (χ1n) is 5.75. The quantitative estimate of drug-likeness (QED) is 0.673. The van der Waals surface area contributed by atoms with Gasteiger partial charge in [0, 0.05) is 23.5 Å². The number of nitrogens with one attached hydrogen (secondary N) is 1. The maximum Gasteiger partial charge on any atom is 0.223 e. The molecular weight excluding hydrogens is 242 g/mol. The second kappa shape index (κ2) is 5.82. The minimum atomic E-state index is -0.229. The zero-order chi connectivity index (χ0) is 13.7. The van der Waals surface area contributed by atoms with Crippen molar-refractivity contribution in [3.63, 3.8) is 0 Å². The van der Waals surface area contributed by atoms with Crippen molar-refractivity contribution in [1.82, 2.24) is 4.98 Å². The number of aromatic nitrogens is 1. The van der Waals surface area contributed by atoms with Crippen molar-refractivity contribution >= 4 is 11.9 Å². The highest BCUT2D eigenvalue weighted by Crippen LogP contribution is 2.05. The van der Waals surface area contributed by atoms with Crippen molar-refractivity contribution in [2.45, 2.75) is 0 Å². The van der Waals surface area contributed by atoms with Gasteiger partial charge in [0.1, 0.15) is 0 Å². The molecule has 2 rings (SSSR count). The van der Waals surface area contributed by atoms with E-state index in [1.807, 2.05) is 6.07 Å². The van der Waals surface area contributed by atoms with E-state index in [0.717, 1.165) is 0 Å². The molecule has 0 bridgehead atoms. The highest BCUT2D eigenvalue weighted by molar-refractivity contribution is 6.06. The summed E-state index contributed by atoms with van der Waals surface area (Å²) in [6.07, 6.45) is 4.46. The second-order valence-electron chi connectivity index (χ2n) is 3.88. The SMILES string of the molecule is COc1c[nH]c(C=CC(=O)c2ccccc2)cc1=O. The first-order valence-corrected chi connectivity index (χ1v) is 5.75. The molecule has 19 heavy (non-hydrogen) atoms. The molecule has 4 heteroatoms. The highest BCUT2D eigenvalue weighted by atomic mass is 16.5. The van der Waals surface area contributed by atoms with E-state index in [4.69, 9.17) is 4.74 Å². The van der Waals surface area contributed by atoms with Gasteiger partial charge in [0.15, 0.2) is 11.5 Å². The lowest BCUT2D eigenvalue weighted by Gasteiger charge is -1.99. The number of hydrogen-bond acceptors (Lipinski definition) is 3. The van der Waals surface area contributed by atoms with Crippen molar-refractivity contribution in [3.05, 3.63) is 70.2 Å². The number of hydrogen-bond donors (Lipinski definition) is 1. The lowest BCUT2D eigenvalue weighted by molar-refractivity contribution is 0.104. The maximum atomic E-state index is 11.8. The molecule has 2 aromatic rings. The molecule has 4 nitrogen and oxygen atoms in total. The molecule has 1 aromatic carbocycles. The minimum absolute atomic E-state index is 0.114. The van der Waals surface area contributed by atoms with E-state index in [1.54, 1.807) is 30.3 Å². The minimum Gasteiger partial charge on any atom is -0.491 e. The summed E-state index contributed by atoms with van der Waals surface area (Å²) in [5.74, 6) is 0.129. The molecule has 0 amide bonds. The second-order valence-corrected chi connectivity index (χ2v) is 3.88. The van der Waals surface area contributed by atoms with Crippen molar-refractivity contribution in [3.8, 4) is 5.75 Å². The maximum absolute atomic E-state index is 11.8. The predicted octanol–water partition coefficient (Wildman–Crippen LogP) is 2.28. The van der Waals surface area contributed by atoms with E-state index in [0.29, 0.717) is 11.3 Å². The monoisotopic (exact) mass is 255 g/mol. The number of aromatic amines is 1. The molecule has 0 radical (unpaired) electrons. The van der Waals surface area contributed by atoms with Gasteiger partial charge >= 0.3 is 0 Å². The van der Waals surface area contributed by atoms with Crippen LogP contribution in [0.15, 0.2) is 53.5 Å². The van der Waals surface area contributed by atoms with E-state index in [1.165, 1.54) is 25.4 Å². The average molecular weight is 255 g/mol. The molecule has 0 aliphatic carbocycles. The van der Waals surface area contributed by atoms with Crippen molar-refractivity contribution in [2.75, 3.05) is 7.11 Å². The van der Waals surface area contributed by atoms with Crippen LogP contribution < -0.4 is 10.2 Å². The molecule has 0 unspecified atom stereocenters. The molecule has 0 atom stereocenters. The largest absolute Gasteiger partial charge is 0.491 e. The van der Waals surface area contributed by atoms with Gasteiger partial charge in [-0.05, 0) is 12.2 Å². The summed E-state index contributed by atoms with van der Waals surface area (Å²) in [4.78, 5) is 26.2. The Kier molecular flexibility index (Phi) is 3.93. The van der Waals surface area contributed by atoms with Crippen LogP contribution in [0.1, 0.15) is 16.1 Å². The van der Waals surface area contributed by atoms with Crippen LogP contribution in [0.3, 0.4) is 0 Å². The number of rotatable bonds is 4. The number of carbonyl (C=O) groups is 1. The van der Waals surface area contributed by atoms with Crippen LogP contribution in [0.25, 0.3) is 6.08 Å². The summed E-state index contributed by atoms with van der Waals surface area (Å²) in [6.45, 7) is 0. The van der Waals surface area contributed by atoms with Gasteiger partial charge in [0.25, 0.3) is 0 Å². The first-order chi connectivity index (χ1) is 9.20. The lowest BCUT2D eigenvalue weighted by atomic mass is 10.1. The Morgan fingerprint density at radius 2 is 2.00 bits per heavy atom. The van der Waals surface area contributed by atoms with Gasteiger partial charge in [0.05, 0.1) is 7.11 Å². The Morgan fingerprint density at radius 1 is 1.26 bits per heavy atom. The molecule has 1 N–H and O–H groups in total. The molecule has 0 saturated heterocycles. The Balaban J connectivity index is 2.17. The summed E-state index contributed by atoms with van der Waals surface area (Å²) in [6, 6.07) is 10.3. The standard InChI is InChI=1S/C15H13NO3/c1-19-15-10-16-12(9-14(15)18)7-8-13(17)11-5-3-2-4-6-11/h2-10H,1H3,(H,16,18). The van der Waals surface area contributed by atoms with E-state index < -0.39 is 0 Å². The third kappa shape index (κ3) is 3.19. The number of ether oxygens (including phenoxy) is 1. The van der Waals surface area contributed by atoms with Gasteiger partial charge in [-0.25, -0.2) is 0 Å². The third-order valence-electron chi connectivity index (χ3n) is 2.59. The topological polar surface area (TPSA) is 59.2 Å².